The van der Waals surface area contributed by atoms with E-state index in [1.165, 1.54) is 0 Å². The third-order valence-electron chi connectivity index (χ3n) is 9.74. The zero-order valence-electron chi connectivity index (χ0n) is 29.0. The summed E-state index contributed by atoms with van der Waals surface area (Å²) < 4.78 is 5.05. The van der Waals surface area contributed by atoms with Gasteiger partial charge < -0.3 is 30.0 Å². The molecule has 0 aliphatic heterocycles. The lowest BCUT2D eigenvalue weighted by atomic mass is 10.1. The Morgan fingerprint density at radius 2 is 1.22 bits per heavy atom. The second-order valence-corrected chi connectivity index (χ2v) is 14.5. The first-order valence-electron chi connectivity index (χ1n) is 17.4. The van der Waals surface area contributed by atoms with Crippen molar-refractivity contribution >= 4 is 72.7 Å². The van der Waals surface area contributed by atoms with Gasteiger partial charge in [0.25, 0.3) is 0 Å². The number of carbonyl (C=O) groups is 2. The zero-order valence-corrected chi connectivity index (χ0v) is 30.6. The molecule has 5 aromatic heterocycles. The number of benzene rings is 2. The molecule has 2 aliphatic carbocycles. The van der Waals surface area contributed by atoms with Crippen molar-refractivity contribution < 1.29 is 19.8 Å². The second-order valence-electron chi connectivity index (χ2n) is 13.7. The summed E-state index contributed by atoms with van der Waals surface area (Å²) in [6, 6.07) is 21.3. The van der Waals surface area contributed by atoms with Crippen LogP contribution in [0.15, 0.2) is 102 Å². The molecule has 54 heavy (non-hydrogen) atoms. The molecule has 0 bridgehead atoms. The fourth-order valence-corrected chi connectivity index (χ4v) is 7.49. The lowest BCUT2D eigenvalue weighted by molar-refractivity contribution is 0.0686. The van der Waals surface area contributed by atoms with Crippen LogP contribution < -0.4 is 10.6 Å². The van der Waals surface area contributed by atoms with E-state index in [0.29, 0.717) is 23.5 Å². The van der Waals surface area contributed by atoms with Crippen molar-refractivity contribution in [1.29, 1.82) is 0 Å². The van der Waals surface area contributed by atoms with Crippen LogP contribution in [0.2, 0.25) is 0 Å². The number of aromatic carboxylic acids is 2. The fraction of sp³-hybridized carbons (Fsp3) is 0.214. The van der Waals surface area contributed by atoms with Gasteiger partial charge in [0.2, 0.25) is 0 Å². The van der Waals surface area contributed by atoms with Gasteiger partial charge in [0.1, 0.15) is 22.8 Å². The van der Waals surface area contributed by atoms with Crippen LogP contribution in [0.5, 0.6) is 0 Å². The fourth-order valence-electron chi connectivity index (χ4n) is 6.73. The van der Waals surface area contributed by atoms with Crippen molar-refractivity contribution in [2.75, 3.05) is 10.6 Å². The lowest BCUT2D eigenvalue weighted by Gasteiger charge is -2.13. The number of hydrogen-bond donors (Lipinski definition) is 4. The van der Waals surface area contributed by atoms with E-state index in [-0.39, 0.29) is 18.6 Å². The number of nitrogens with zero attached hydrogens (tertiary/aromatic N) is 5. The number of rotatable bonds is 9. The summed E-state index contributed by atoms with van der Waals surface area (Å²) in [5, 5.41) is 27.7. The molecule has 7 aromatic rings. The summed E-state index contributed by atoms with van der Waals surface area (Å²) in [4.78, 5) is 36.7. The SMILES string of the molecule is C.Cn1ccc2cc(Nc3ncc(C4CC4)cc3C(=O)O)cc(-c3ccccn3)c21.Cn1ccc2cc(Nc3ncc(C4CC4)cc3C(=O)O)cc(Br)c21. The predicted molar refractivity (Wildman–Crippen MR) is 216 cm³/mol. The summed E-state index contributed by atoms with van der Waals surface area (Å²) in [5.74, 6) is -0.302. The average molecular weight is 787 g/mol. The molecule has 9 rings (SSSR count). The molecule has 11 nitrogen and oxygen atoms in total. The molecule has 2 saturated carbocycles. The van der Waals surface area contributed by atoms with E-state index < -0.39 is 11.9 Å². The number of fused-ring (bicyclic) bond motifs is 2. The molecule has 0 saturated heterocycles. The summed E-state index contributed by atoms with van der Waals surface area (Å²) in [6.07, 6.45) is 13.8. The number of halogens is 1. The van der Waals surface area contributed by atoms with Crippen LogP contribution in [-0.2, 0) is 14.1 Å². The van der Waals surface area contributed by atoms with Gasteiger partial charge in [-0.25, -0.2) is 19.6 Å². The molecule has 4 N–H and O–H groups in total. The van der Waals surface area contributed by atoms with Gasteiger partial charge in [-0.3, -0.25) is 4.98 Å². The molecule has 12 heteroatoms. The van der Waals surface area contributed by atoms with Gasteiger partial charge in [-0.1, -0.05) is 13.5 Å². The topological polar surface area (TPSA) is 147 Å². The van der Waals surface area contributed by atoms with Crippen LogP contribution in [-0.4, -0.2) is 46.2 Å². The summed E-state index contributed by atoms with van der Waals surface area (Å²) in [6.45, 7) is 0. The summed E-state index contributed by atoms with van der Waals surface area (Å²) >= 11 is 3.58. The monoisotopic (exact) mass is 785 g/mol. The van der Waals surface area contributed by atoms with Crippen LogP contribution in [0.25, 0.3) is 33.1 Å². The number of anilines is 4. The van der Waals surface area contributed by atoms with Crippen molar-refractivity contribution in [1.82, 2.24) is 24.1 Å². The van der Waals surface area contributed by atoms with E-state index in [4.69, 9.17) is 0 Å². The smallest absolute Gasteiger partial charge is 0.339 e. The molecule has 0 amide bonds. The number of hydrogen-bond acceptors (Lipinski definition) is 7. The molecule has 2 fully saturated rings. The van der Waals surface area contributed by atoms with Gasteiger partial charge in [-0.2, -0.15) is 0 Å². The van der Waals surface area contributed by atoms with Crippen molar-refractivity contribution in [3.05, 3.63) is 124 Å². The Labute approximate surface area is 320 Å². The molecular formula is C42H40BrN7O4. The Bertz CT molecular complexity index is 2540. The largest absolute Gasteiger partial charge is 0.478 e. The highest BCUT2D eigenvalue weighted by molar-refractivity contribution is 9.10. The Morgan fingerprint density at radius 3 is 1.72 bits per heavy atom. The van der Waals surface area contributed by atoms with Crippen LogP contribution in [0, 0.1) is 0 Å². The minimum absolute atomic E-state index is 0. The van der Waals surface area contributed by atoms with Gasteiger partial charge in [-0.05, 0) is 125 Å². The highest BCUT2D eigenvalue weighted by Crippen LogP contribution is 2.42. The molecule has 0 unspecified atom stereocenters. The number of carboxylic acids is 2. The minimum Gasteiger partial charge on any atom is -0.478 e. The Balaban J connectivity index is 0.000000166. The molecule has 274 valence electrons. The number of aromatic nitrogens is 5. The first-order valence-corrected chi connectivity index (χ1v) is 18.2. The molecule has 2 aliphatic rings. The molecule has 0 spiro atoms. The van der Waals surface area contributed by atoms with Crippen LogP contribution in [0.4, 0.5) is 23.0 Å². The lowest BCUT2D eigenvalue weighted by Crippen LogP contribution is -2.06. The maximum Gasteiger partial charge on any atom is 0.339 e. The first kappa shape index (κ1) is 36.4. The van der Waals surface area contributed by atoms with Gasteiger partial charge in [0.05, 0.1) is 16.7 Å². The van der Waals surface area contributed by atoms with E-state index >= 15 is 0 Å². The summed E-state index contributed by atoms with van der Waals surface area (Å²) in [7, 11) is 3.99. The Kier molecular flexibility index (Phi) is 9.95. The Morgan fingerprint density at radius 1 is 0.704 bits per heavy atom. The molecular weight excluding hydrogens is 746 g/mol. The predicted octanol–water partition coefficient (Wildman–Crippen LogP) is 10.2. The molecule has 0 radical (unpaired) electrons. The van der Waals surface area contributed by atoms with Crippen molar-refractivity contribution in [3.8, 4) is 11.3 Å². The summed E-state index contributed by atoms with van der Waals surface area (Å²) in [5.41, 5.74) is 8.00. The number of aryl methyl sites for hydroxylation is 2. The maximum atomic E-state index is 11.8. The average Bonchev–Trinajstić information content (AvgIpc) is 4.09. The van der Waals surface area contributed by atoms with Crippen LogP contribution in [0.3, 0.4) is 0 Å². The molecule has 2 aromatic carbocycles. The Hall–Kier alpha value is -6.01. The number of carboxylic acid groups (broad SMARTS) is 2. The van der Waals surface area contributed by atoms with Crippen molar-refractivity contribution in [2.24, 2.45) is 14.1 Å². The van der Waals surface area contributed by atoms with E-state index in [9.17, 15) is 19.8 Å². The highest BCUT2D eigenvalue weighted by atomic mass is 79.9. The second kappa shape index (κ2) is 14.8. The van der Waals surface area contributed by atoms with Gasteiger partial charge >= 0.3 is 11.9 Å². The standard InChI is InChI=1S/C23H20N4O2.C18H16BrN3O2.CH4/c1-27-9-7-15-10-17(12-18(21(15)27)20-4-2-3-8-24-20)26-22-19(23(28)29)11-16(13-25-22)14-5-6-14;1-22-5-4-11-6-13(8-15(19)16(11)22)21-17-14(18(23)24)7-12(9-20-17)10-2-3-10;/h2-4,7-14H,5-6H2,1H3,(H,25,26)(H,28,29);4-10H,2-3H2,1H3,(H,20,21)(H,23,24);1H4. The van der Waals surface area contributed by atoms with E-state index in [0.717, 1.165) is 85.7 Å². The van der Waals surface area contributed by atoms with E-state index in [1.54, 1.807) is 30.7 Å². The van der Waals surface area contributed by atoms with Crippen molar-refractivity contribution in [3.63, 3.8) is 0 Å². The normalized spacial score (nSPS) is 13.5. The van der Waals surface area contributed by atoms with Crippen LogP contribution >= 0.6 is 15.9 Å². The van der Waals surface area contributed by atoms with E-state index in [2.05, 4.69) is 46.1 Å². The third-order valence-corrected chi connectivity index (χ3v) is 10.3. The molecule has 0 atom stereocenters. The molecule has 5 heterocycles. The van der Waals surface area contributed by atoms with Crippen LogP contribution in [0.1, 0.15) is 76.8 Å². The quantitative estimate of drug-likeness (QED) is 0.112. The number of pyridine rings is 3. The van der Waals surface area contributed by atoms with E-state index in [1.807, 2.05) is 85.7 Å². The zero-order chi connectivity index (χ0) is 36.8. The van der Waals surface area contributed by atoms with Gasteiger partial charge in [-0.15, -0.1) is 0 Å². The number of nitrogens with one attached hydrogen (secondary N) is 2. The minimum atomic E-state index is -0.978. The van der Waals surface area contributed by atoms with Gasteiger partial charge in [0.15, 0.2) is 0 Å². The van der Waals surface area contributed by atoms with Gasteiger partial charge in [0, 0.05) is 77.3 Å². The highest BCUT2D eigenvalue weighted by Gasteiger charge is 2.27. The van der Waals surface area contributed by atoms with Crippen molar-refractivity contribution in [2.45, 2.75) is 44.9 Å². The third kappa shape index (κ3) is 7.42. The maximum absolute atomic E-state index is 11.8. The first-order chi connectivity index (χ1) is 25.6.